The fraction of sp³-hybridized carbons (Fsp3) is 0.308. The van der Waals surface area contributed by atoms with E-state index in [1.807, 2.05) is 0 Å². The molecular weight excluding hydrogens is 292 g/mol. The number of aromatic nitrogens is 2. The van der Waals surface area contributed by atoms with E-state index in [2.05, 4.69) is 14.7 Å². The van der Waals surface area contributed by atoms with Crippen LogP contribution in [0.2, 0.25) is 0 Å². The summed E-state index contributed by atoms with van der Waals surface area (Å²) in [6.45, 7) is 0.329. The Hall–Kier alpha value is -2.06. The molecule has 2 aromatic rings. The molecule has 1 aromatic carbocycles. The van der Waals surface area contributed by atoms with Crippen LogP contribution in [0.25, 0.3) is 0 Å². The summed E-state index contributed by atoms with van der Waals surface area (Å²) in [5.41, 5.74) is 6.07. The fourth-order valence-electron chi connectivity index (χ4n) is 1.84. The van der Waals surface area contributed by atoms with Crippen molar-refractivity contribution in [3.8, 4) is 5.75 Å². The van der Waals surface area contributed by atoms with Crippen LogP contribution in [0.4, 0.5) is 5.69 Å². The summed E-state index contributed by atoms with van der Waals surface area (Å²) in [6.07, 6.45) is 4.74. The van der Waals surface area contributed by atoms with Crippen LogP contribution in [-0.2, 0) is 16.4 Å². The van der Waals surface area contributed by atoms with Gasteiger partial charge in [-0.1, -0.05) is 0 Å². The molecule has 0 aliphatic heterocycles. The van der Waals surface area contributed by atoms with Gasteiger partial charge in [-0.25, -0.2) is 18.1 Å². The number of H-pyrrole nitrogens is 1. The highest BCUT2D eigenvalue weighted by Gasteiger charge is 2.15. The fourth-order valence-corrected chi connectivity index (χ4v) is 2.93. The lowest BCUT2D eigenvalue weighted by Crippen LogP contribution is -2.25. The molecule has 1 aromatic heterocycles. The molecule has 0 atom stereocenters. The number of hydrogen-bond acceptors (Lipinski definition) is 5. The van der Waals surface area contributed by atoms with Gasteiger partial charge in [0.15, 0.2) is 0 Å². The Bertz CT molecular complexity index is 683. The van der Waals surface area contributed by atoms with E-state index in [-0.39, 0.29) is 4.90 Å². The number of hydrogen-bond donors (Lipinski definition) is 3. The molecule has 0 amide bonds. The molecule has 114 valence electrons. The van der Waals surface area contributed by atoms with Crippen molar-refractivity contribution in [1.82, 2.24) is 14.7 Å². The van der Waals surface area contributed by atoms with Crippen molar-refractivity contribution >= 4 is 15.7 Å². The zero-order valence-electron chi connectivity index (χ0n) is 11.7. The van der Waals surface area contributed by atoms with Crippen molar-refractivity contribution in [2.45, 2.75) is 17.7 Å². The molecule has 0 spiro atoms. The van der Waals surface area contributed by atoms with E-state index in [1.165, 1.54) is 25.3 Å². The third kappa shape index (κ3) is 3.96. The molecule has 0 saturated heterocycles. The van der Waals surface area contributed by atoms with Gasteiger partial charge >= 0.3 is 0 Å². The molecular formula is C13H18N4O3S. The second kappa shape index (κ2) is 6.59. The van der Waals surface area contributed by atoms with E-state index < -0.39 is 10.0 Å². The van der Waals surface area contributed by atoms with Crippen LogP contribution in [-0.4, -0.2) is 32.0 Å². The van der Waals surface area contributed by atoms with Gasteiger partial charge in [-0.2, -0.15) is 0 Å². The maximum atomic E-state index is 12.1. The highest BCUT2D eigenvalue weighted by molar-refractivity contribution is 7.89. The average Bonchev–Trinajstić information content (AvgIpc) is 2.97. The van der Waals surface area contributed by atoms with Gasteiger partial charge in [0.1, 0.15) is 11.6 Å². The largest absolute Gasteiger partial charge is 0.495 e. The molecule has 0 aliphatic carbocycles. The number of aromatic amines is 1. The van der Waals surface area contributed by atoms with Crippen LogP contribution in [0.15, 0.2) is 35.5 Å². The van der Waals surface area contributed by atoms with Crippen molar-refractivity contribution < 1.29 is 13.2 Å². The predicted octanol–water partition coefficient (Wildman–Crippen LogP) is 0.912. The Labute approximate surface area is 123 Å². The molecule has 0 saturated carbocycles. The minimum atomic E-state index is -3.57. The van der Waals surface area contributed by atoms with E-state index in [4.69, 9.17) is 10.5 Å². The number of aryl methyl sites for hydroxylation is 1. The molecule has 4 N–H and O–H groups in total. The van der Waals surface area contributed by atoms with Crippen LogP contribution < -0.4 is 15.2 Å². The third-order valence-corrected chi connectivity index (χ3v) is 4.41. The van der Waals surface area contributed by atoms with Crippen molar-refractivity contribution in [3.05, 3.63) is 36.4 Å². The maximum absolute atomic E-state index is 12.1. The first-order valence-corrected chi connectivity index (χ1v) is 7.92. The van der Waals surface area contributed by atoms with Gasteiger partial charge in [0.25, 0.3) is 0 Å². The standard InChI is InChI=1S/C13H18N4O3S/c1-20-12-9-10(4-5-11(12)14)21(18,19)17-6-2-3-13-15-7-8-16-13/h4-5,7-9,17H,2-3,6,14H2,1H3,(H,15,16). The molecule has 1 heterocycles. The molecule has 2 rings (SSSR count). The summed E-state index contributed by atoms with van der Waals surface area (Å²) in [5.74, 6) is 1.18. The Morgan fingerprint density at radius 3 is 2.90 bits per heavy atom. The summed E-state index contributed by atoms with van der Waals surface area (Å²) in [5, 5.41) is 0. The van der Waals surface area contributed by atoms with Gasteiger partial charge in [0, 0.05) is 31.4 Å². The van der Waals surface area contributed by atoms with Gasteiger partial charge in [0.05, 0.1) is 17.7 Å². The second-order valence-electron chi connectivity index (χ2n) is 4.44. The number of ether oxygens (including phenoxy) is 1. The topological polar surface area (TPSA) is 110 Å². The number of benzene rings is 1. The lowest BCUT2D eigenvalue weighted by atomic mass is 10.3. The lowest BCUT2D eigenvalue weighted by molar-refractivity contribution is 0.415. The van der Waals surface area contributed by atoms with E-state index in [9.17, 15) is 8.42 Å². The van der Waals surface area contributed by atoms with Crippen molar-refractivity contribution in [2.24, 2.45) is 0 Å². The maximum Gasteiger partial charge on any atom is 0.240 e. The number of anilines is 1. The number of nitrogens with zero attached hydrogens (tertiary/aromatic N) is 1. The third-order valence-electron chi connectivity index (χ3n) is 2.95. The zero-order valence-corrected chi connectivity index (χ0v) is 12.5. The number of nitrogens with two attached hydrogens (primary N) is 1. The van der Waals surface area contributed by atoms with E-state index in [0.717, 1.165) is 5.82 Å². The van der Waals surface area contributed by atoms with Crippen LogP contribution in [0, 0.1) is 0 Å². The quantitative estimate of drug-likeness (QED) is 0.520. The van der Waals surface area contributed by atoms with E-state index in [0.29, 0.717) is 30.8 Å². The van der Waals surface area contributed by atoms with Crippen molar-refractivity contribution in [3.63, 3.8) is 0 Å². The van der Waals surface area contributed by atoms with Crippen LogP contribution in [0.1, 0.15) is 12.2 Å². The lowest BCUT2D eigenvalue weighted by Gasteiger charge is -2.09. The summed E-state index contributed by atoms with van der Waals surface area (Å²) in [7, 11) is -2.12. The SMILES string of the molecule is COc1cc(S(=O)(=O)NCCCc2ncc[nH]2)ccc1N. The molecule has 8 heteroatoms. The number of rotatable bonds is 7. The Morgan fingerprint density at radius 1 is 1.43 bits per heavy atom. The summed E-state index contributed by atoms with van der Waals surface area (Å²) in [4.78, 5) is 7.18. The number of imidazole rings is 1. The minimum Gasteiger partial charge on any atom is -0.495 e. The van der Waals surface area contributed by atoms with Crippen LogP contribution in [0.3, 0.4) is 0 Å². The molecule has 0 fully saturated rings. The molecule has 0 radical (unpaired) electrons. The van der Waals surface area contributed by atoms with Crippen molar-refractivity contribution in [1.29, 1.82) is 0 Å². The Kier molecular flexibility index (Phi) is 4.81. The molecule has 0 aliphatic rings. The average molecular weight is 310 g/mol. The van der Waals surface area contributed by atoms with Gasteiger partial charge in [0.2, 0.25) is 10.0 Å². The first kappa shape index (κ1) is 15.3. The molecule has 7 nitrogen and oxygen atoms in total. The molecule has 0 bridgehead atoms. The Morgan fingerprint density at radius 2 is 2.24 bits per heavy atom. The Balaban J connectivity index is 1.95. The number of nitrogens with one attached hydrogen (secondary N) is 2. The number of nitrogen functional groups attached to an aromatic ring is 1. The second-order valence-corrected chi connectivity index (χ2v) is 6.21. The molecule has 0 unspecified atom stereocenters. The first-order chi connectivity index (χ1) is 10.0. The summed E-state index contributed by atoms with van der Waals surface area (Å²) < 4.78 is 31.9. The number of methoxy groups -OCH3 is 1. The number of sulfonamides is 1. The van der Waals surface area contributed by atoms with Crippen LogP contribution >= 0.6 is 0 Å². The van der Waals surface area contributed by atoms with Gasteiger partial charge in [-0.3, -0.25) is 0 Å². The monoisotopic (exact) mass is 310 g/mol. The summed E-state index contributed by atoms with van der Waals surface area (Å²) >= 11 is 0. The first-order valence-electron chi connectivity index (χ1n) is 6.44. The highest BCUT2D eigenvalue weighted by atomic mass is 32.2. The van der Waals surface area contributed by atoms with E-state index >= 15 is 0 Å². The van der Waals surface area contributed by atoms with E-state index in [1.54, 1.807) is 12.4 Å². The normalized spacial score (nSPS) is 11.5. The van der Waals surface area contributed by atoms with Crippen molar-refractivity contribution in [2.75, 3.05) is 19.4 Å². The highest BCUT2D eigenvalue weighted by Crippen LogP contribution is 2.24. The van der Waals surface area contributed by atoms with Gasteiger partial charge < -0.3 is 15.5 Å². The smallest absolute Gasteiger partial charge is 0.240 e. The predicted molar refractivity (Wildman–Crippen MR) is 79.5 cm³/mol. The minimum absolute atomic E-state index is 0.131. The van der Waals surface area contributed by atoms with Gasteiger partial charge in [-0.05, 0) is 18.6 Å². The zero-order chi connectivity index (χ0) is 15.3. The van der Waals surface area contributed by atoms with Crippen LogP contribution in [0.5, 0.6) is 5.75 Å². The van der Waals surface area contributed by atoms with Gasteiger partial charge in [-0.15, -0.1) is 0 Å². The summed E-state index contributed by atoms with van der Waals surface area (Å²) in [6, 6.07) is 4.37. The molecule has 21 heavy (non-hydrogen) atoms.